The predicted molar refractivity (Wildman–Crippen MR) is 290 cm³/mol. The summed E-state index contributed by atoms with van der Waals surface area (Å²) in [7, 11) is 0. The number of hydrogen-bond acceptors (Lipinski definition) is 17. The predicted octanol–water partition coefficient (Wildman–Crippen LogP) is 6.43. The Morgan fingerprint density at radius 3 is 2.31 bits per heavy atom. The standard InChI is InChI=1S/C58H72N12O7/c1-35(2)55(58(74)69-34-43(71)25-50(69)57(73)62-36(3)39-10-8-37(30-59)9-11-39)52-29-53(65-77-52)67-22-15-38(16-23-67)31-66-20-17-44(18-21-66)75-45-26-46(27-45)76-54-24-40(14-19-61-54)68-32-41-12-13-42(33-68)70(41)49-28-48(63-64-56(49)60)47-6-4-5-7-51(47)72/h4-11,14,19,24,28-29,35-36,38,41-46,50,55,71-72H,12-13,15-18,20-23,25-27,31-34H2,1-3H3,(H2,60,64)(H,62,73)/t36-,41+,42?,43+,45?,46?,50-,55+/m0/s1. The van der Waals surface area contributed by atoms with Crippen LogP contribution < -0.4 is 30.5 Å². The second-order valence-corrected chi connectivity index (χ2v) is 22.6. The maximum Gasteiger partial charge on any atom is 0.243 e. The minimum absolute atomic E-state index is 0.0645. The molecule has 406 valence electrons. The summed E-state index contributed by atoms with van der Waals surface area (Å²) in [6.45, 7) is 12.3. The highest BCUT2D eigenvalue weighted by molar-refractivity contribution is 5.91. The van der Waals surface area contributed by atoms with Crippen molar-refractivity contribution in [1.82, 2.24) is 35.5 Å². The van der Waals surface area contributed by atoms with Gasteiger partial charge < -0.3 is 59.8 Å². The molecule has 19 heteroatoms. The Kier molecular flexibility index (Phi) is 15.2. The van der Waals surface area contributed by atoms with Crippen molar-refractivity contribution in [2.45, 2.75) is 133 Å². The number of nitriles is 1. The van der Waals surface area contributed by atoms with E-state index in [0.717, 1.165) is 120 Å². The molecule has 2 bridgehead atoms. The number of likely N-dealkylation sites (tertiary alicyclic amines) is 2. The number of benzene rings is 2. The molecule has 77 heavy (non-hydrogen) atoms. The molecule has 3 aromatic heterocycles. The number of carbonyl (C=O) groups excluding carboxylic acids is 2. The number of nitrogens with zero attached hydrogens (tertiary/aromatic N) is 10. The molecule has 2 amide bonds. The highest BCUT2D eigenvalue weighted by atomic mass is 16.5. The first-order valence-corrected chi connectivity index (χ1v) is 27.8. The number of nitrogens with two attached hydrogens (primary N) is 1. The Balaban J connectivity index is 0.598. The average molecular weight is 1050 g/mol. The van der Waals surface area contributed by atoms with Crippen LogP contribution in [-0.2, 0) is 14.3 Å². The summed E-state index contributed by atoms with van der Waals surface area (Å²) in [6.07, 6.45) is 9.69. The number of para-hydroxylation sites is 1. The van der Waals surface area contributed by atoms with Gasteiger partial charge in [-0.15, -0.1) is 10.2 Å². The highest BCUT2D eigenvalue weighted by Crippen LogP contribution is 2.42. The smallest absolute Gasteiger partial charge is 0.243 e. The third-order valence-corrected chi connectivity index (χ3v) is 17.1. The number of aromatic nitrogens is 4. The van der Waals surface area contributed by atoms with Gasteiger partial charge in [-0.3, -0.25) is 9.59 Å². The van der Waals surface area contributed by atoms with Crippen LogP contribution >= 0.6 is 0 Å². The summed E-state index contributed by atoms with van der Waals surface area (Å²) in [6, 6.07) is 23.6. The topological polar surface area (TPSA) is 236 Å². The van der Waals surface area contributed by atoms with E-state index in [4.69, 9.17) is 19.7 Å². The quantitative estimate of drug-likeness (QED) is 0.0833. The normalized spacial score (nSPS) is 24.9. The molecule has 11 rings (SSSR count). The number of phenolic OH excluding ortho intramolecular Hbond substituents is 1. The molecule has 6 atom stereocenters. The fourth-order valence-electron chi connectivity index (χ4n) is 12.7. The number of ether oxygens (including phenoxy) is 2. The van der Waals surface area contributed by atoms with Crippen LogP contribution in [0.25, 0.3) is 11.3 Å². The van der Waals surface area contributed by atoms with Crippen LogP contribution in [-0.4, -0.2) is 147 Å². The number of aromatic hydroxyl groups is 1. The van der Waals surface area contributed by atoms with Gasteiger partial charge >= 0.3 is 0 Å². The van der Waals surface area contributed by atoms with E-state index in [2.05, 4.69) is 63.5 Å². The van der Waals surface area contributed by atoms with Crippen molar-refractivity contribution < 1.29 is 33.8 Å². The highest BCUT2D eigenvalue weighted by Gasteiger charge is 2.45. The lowest BCUT2D eigenvalue weighted by molar-refractivity contribution is -0.141. The van der Waals surface area contributed by atoms with Gasteiger partial charge in [-0.1, -0.05) is 43.3 Å². The minimum Gasteiger partial charge on any atom is -0.507 e. The minimum atomic E-state index is -0.825. The number of nitrogens with one attached hydrogen (secondary N) is 1. The van der Waals surface area contributed by atoms with Gasteiger partial charge in [0.1, 0.15) is 23.8 Å². The zero-order valence-electron chi connectivity index (χ0n) is 44.4. The molecule has 1 unspecified atom stereocenters. The molecule has 0 radical (unpaired) electrons. The molecule has 5 aromatic rings. The number of phenols is 1. The van der Waals surface area contributed by atoms with Crippen LogP contribution in [0.5, 0.6) is 11.6 Å². The van der Waals surface area contributed by atoms with Gasteiger partial charge in [0.25, 0.3) is 0 Å². The van der Waals surface area contributed by atoms with Crippen molar-refractivity contribution in [3.63, 3.8) is 0 Å². The molecule has 1 saturated carbocycles. The number of amides is 2. The monoisotopic (exact) mass is 1050 g/mol. The number of hydrogen-bond donors (Lipinski definition) is 4. The summed E-state index contributed by atoms with van der Waals surface area (Å²) >= 11 is 0. The van der Waals surface area contributed by atoms with Crippen molar-refractivity contribution in [1.29, 1.82) is 5.26 Å². The van der Waals surface area contributed by atoms with E-state index in [1.54, 1.807) is 36.4 Å². The second-order valence-electron chi connectivity index (χ2n) is 22.6. The number of piperazine rings is 1. The fourth-order valence-corrected chi connectivity index (χ4v) is 12.7. The molecule has 2 aromatic carbocycles. The van der Waals surface area contributed by atoms with E-state index < -0.39 is 18.1 Å². The second kappa shape index (κ2) is 22.5. The van der Waals surface area contributed by atoms with E-state index in [1.807, 2.05) is 51.2 Å². The van der Waals surface area contributed by atoms with Gasteiger partial charge in [-0.25, -0.2) is 4.98 Å². The van der Waals surface area contributed by atoms with Crippen LogP contribution in [0.3, 0.4) is 0 Å². The van der Waals surface area contributed by atoms with Gasteiger partial charge in [0.15, 0.2) is 17.4 Å². The zero-order chi connectivity index (χ0) is 53.3. The Hall–Kier alpha value is -7.01. The molecular formula is C58H72N12O7. The van der Waals surface area contributed by atoms with E-state index in [1.165, 1.54) is 4.90 Å². The first-order valence-electron chi connectivity index (χ1n) is 27.8. The van der Waals surface area contributed by atoms with Gasteiger partial charge in [0, 0.05) is 113 Å². The van der Waals surface area contributed by atoms with Gasteiger partial charge in [0.2, 0.25) is 17.7 Å². The summed E-state index contributed by atoms with van der Waals surface area (Å²) in [5, 5.41) is 46.4. The summed E-state index contributed by atoms with van der Waals surface area (Å²) in [5.41, 5.74) is 11.0. The van der Waals surface area contributed by atoms with E-state index in [0.29, 0.717) is 40.2 Å². The largest absolute Gasteiger partial charge is 0.507 e. The van der Waals surface area contributed by atoms with Crippen molar-refractivity contribution in [3.05, 3.63) is 95.9 Å². The molecule has 19 nitrogen and oxygen atoms in total. The number of fused-ring (bicyclic) bond motifs is 2. The Bertz CT molecular complexity index is 2900. The molecular weight excluding hydrogens is 977 g/mol. The summed E-state index contributed by atoms with van der Waals surface area (Å²) in [4.78, 5) is 43.7. The molecule has 6 fully saturated rings. The number of carbonyl (C=O) groups is 2. The third kappa shape index (κ3) is 11.4. The molecule has 5 saturated heterocycles. The van der Waals surface area contributed by atoms with E-state index in [9.17, 15) is 25.1 Å². The SMILES string of the molecule is CC(C)[C@@H](C(=O)N1C[C@H](O)C[C@H]1C(=O)N[C@@H](C)c1ccc(C#N)cc1)c1cc(N2CCC(CN3CCC(OC4CC(Oc5cc(N6CC7CC[C@H](C6)N7c6cc(-c7ccccc7O)nnc6N)ccn5)C4)CC3)CC2)no1. The Morgan fingerprint density at radius 2 is 1.60 bits per heavy atom. The number of rotatable bonds is 16. The van der Waals surface area contributed by atoms with Crippen molar-refractivity contribution in [3.8, 4) is 29.0 Å². The zero-order valence-corrected chi connectivity index (χ0v) is 44.4. The maximum atomic E-state index is 14.3. The third-order valence-electron chi connectivity index (χ3n) is 17.1. The number of β-amino-alcohol motifs (C(OH)–C–C–N with tert-alkyl or cyclic N) is 1. The van der Waals surface area contributed by atoms with Gasteiger partial charge in [0.05, 0.1) is 47.4 Å². The van der Waals surface area contributed by atoms with E-state index >= 15 is 0 Å². The molecule has 0 spiro atoms. The lowest BCUT2D eigenvalue weighted by Crippen LogP contribution is -2.54. The molecule has 8 heterocycles. The van der Waals surface area contributed by atoms with Crippen LogP contribution in [0.1, 0.15) is 107 Å². The van der Waals surface area contributed by atoms with Crippen LogP contribution in [0.4, 0.5) is 23.0 Å². The van der Waals surface area contributed by atoms with Crippen molar-refractivity contribution in [2.75, 3.05) is 72.8 Å². The molecule has 1 aliphatic carbocycles. The first kappa shape index (κ1) is 52.1. The first-order chi connectivity index (χ1) is 37.3. The molecule has 5 aliphatic heterocycles. The number of aliphatic hydroxyl groups is 1. The Morgan fingerprint density at radius 1 is 0.857 bits per heavy atom. The molecule has 6 aliphatic rings. The number of anilines is 4. The summed E-state index contributed by atoms with van der Waals surface area (Å²) in [5.74, 6) is 1.59. The van der Waals surface area contributed by atoms with Gasteiger partial charge in [-0.2, -0.15) is 5.26 Å². The number of nitrogen functional groups attached to an aromatic ring is 1. The maximum absolute atomic E-state index is 14.3. The van der Waals surface area contributed by atoms with E-state index in [-0.39, 0.29) is 72.9 Å². The fraction of sp³-hybridized carbons (Fsp3) is 0.534. The lowest BCUT2D eigenvalue weighted by atomic mass is 9.91. The van der Waals surface area contributed by atoms with Gasteiger partial charge in [-0.05, 0) is 99.2 Å². The summed E-state index contributed by atoms with van der Waals surface area (Å²) < 4.78 is 19.0. The number of piperidine rings is 2. The van der Waals surface area contributed by atoms with Crippen LogP contribution in [0.2, 0.25) is 0 Å². The Labute approximate surface area is 450 Å². The lowest BCUT2D eigenvalue weighted by Gasteiger charge is -2.43. The average Bonchev–Trinajstić information content (AvgIpc) is 4.16. The number of pyridine rings is 1. The van der Waals surface area contributed by atoms with Crippen molar-refractivity contribution in [2.24, 2.45) is 11.8 Å². The van der Waals surface area contributed by atoms with Crippen LogP contribution in [0, 0.1) is 23.2 Å². The molecule has 5 N–H and O–H groups in total. The van der Waals surface area contributed by atoms with Crippen molar-refractivity contribution >= 4 is 34.8 Å². The number of aliphatic hydroxyl groups excluding tert-OH is 1. The van der Waals surface area contributed by atoms with Crippen LogP contribution in [0.15, 0.2) is 83.5 Å².